The molecule has 5 aromatic rings. The summed E-state index contributed by atoms with van der Waals surface area (Å²) < 4.78 is 7.16. The van der Waals surface area contributed by atoms with E-state index in [0.29, 0.717) is 35.3 Å². The molecule has 0 saturated carbocycles. The first kappa shape index (κ1) is 16.4. The van der Waals surface area contributed by atoms with Crippen molar-refractivity contribution in [3.63, 3.8) is 0 Å². The van der Waals surface area contributed by atoms with Crippen molar-refractivity contribution in [2.45, 2.75) is 0 Å². The number of pyridine rings is 1. The molecule has 2 aromatic heterocycles. The number of hydrogen-bond donors (Lipinski definition) is 0. The monoisotopic (exact) mass is 383 g/mol. The fraction of sp³-hybridized carbons (Fsp3) is 0.174. The zero-order chi connectivity index (χ0) is 19.5. The van der Waals surface area contributed by atoms with Gasteiger partial charge in [-0.25, -0.2) is 4.98 Å². The van der Waals surface area contributed by atoms with Crippen molar-refractivity contribution in [3.05, 3.63) is 64.4 Å². The zero-order valence-electron chi connectivity index (χ0n) is 15.6. The molecule has 1 aliphatic heterocycles. The number of aldehydes is 1. The molecule has 6 heteroatoms. The first-order chi connectivity index (χ1) is 14.3. The zero-order valence-corrected chi connectivity index (χ0v) is 15.6. The molecule has 0 spiro atoms. The molecule has 3 aromatic carbocycles. The van der Waals surface area contributed by atoms with Crippen LogP contribution in [0.2, 0.25) is 0 Å². The van der Waals surface area contributed by atoms with Crippen molar-refractivity contribution in [1.82, 2.24) is 9.38 Å². The van der Waals surface area contributed by atoms with E-state index in [1.807, 2.05) is 12.1 Å². The number of ether oxygens (including phenoxy) is 1. The van der Waals surface area contributed by atoms with Crippen LogP contribution in [-0.4, -0.2) is 42.0 Å². The van der Waals surface area contributed by atoms with Crippen LogP contribution in [0.1, 0.15) is 10.4 Å². The van der Waals surface area contributed by atoms with Crippen molar-refractivity contribution in [1.29, 1.82) is 0 Å². The maximum atomic E-state index is 13.4. The average Bonchev–Trinajstić information content (AvgIpc) is 3.16. The highest BCUT2D eigenvalue weighted by molar-refractivity contribution is 6.18. The second-order valence-corrected chi connectivity index (χ2v) is 7.40. The fourth-order valence-electron chi connectivity index (χ4n) is 4.51. The van der Waals surface area contributed by atoms with Crippen molar-refractivity contribution in [3.8, 4) is 0 Å². The Bertz CT molecular complexity index is 1480. The number of carbonyl (C=O) groups excluding carboxylic acids is 1. The Morgan fingerprint density at radius 3 is 2.62 bits per heavy atom. The second kappa shape index (κ2) is 5.99. The van der Waals surface area contributed by atoms with E-state index in [1.165, 1.54) is 0 Å². The van der Waals surface area contributed by atoms with Gasteiger partial charge in [-0.3, -0.25) is 14.0 Å². The normalized spacial score (nSPS) is 15.1. The number of aromatic nitrogens is 2. The minimum atomic E-state index is -0.0846. The van der Waals surface area contributed by atoms with Crippen LogP contribution in [0, 0.1) is 0 Å². The Kier molecular flexibility index (Phi) is 3.40. The van der Waals surface area contributed by atoms with Gasteiger partial charge in [-0.2, -0.15) is 0 Å². The summed E-state index contributed by atoms with van der Waals surface area (Å²) in [4.78, 5) is 31.6. The molecule has 3 heterocycles. The highest BCUT2D eigenvalue weighted by atomic mass is 16.5. The van der Waals surface area contributed by atoms with Gasteiger partial charge in [0.2, 0.25) is 0 Å². The number of hydrogen-bond acceptors (Lipinski definition) is 5. The molecule has 6 rings (SSSR count). The van der Waals surface area contributed by atoms with Gasteiger partial charge >= 0.3 is 0 Å². The summed E-state index contributed by atoms with van der Waals surface area (Å²) in [6.07, 6.45) is 0.795. The summed E-state index contributed by atoms with van der Waals surface area (Å²) in [5.41, 5.74) is 3.58. The van der Waals surface area contributed by atoms with Crippen molar-refractivity contribution >= 4 is 50.2 Å². The van der Waals surface area contributed by atoms with Crippen LogP contribution in [-0.2, 0) is 4.74 Å². The number of anilines is 1. The summed E-state index contributed by atoms with van der Waals surface area (Å²) >= 11 is 0. The van der Waals surface area contributed by atoms with Gasteiger partial charge < -0.3 is 9.64 Å². The lowest BCUT2D eigenvalue weighted by molar-refractivity contribution is 0.112. The van der Waals surface area contributed by atoms with E-state index >= 15 is 0 Å². The molecule has 0 N–H and O–H groups in total. The molecular formula is C23H17N3O3. The Labute approximate surface area is 165 Å². The van der Waals surface area contributed by atoms with E-state index in [1.54, 1.807) is 22.6 Å². The predicted octanol–water partition coefficient (Wildman–Crippen LogP) is 3.24. The maximum absolute atomic E-state index is 13.4. The van der Waals surface area contributed by atoms with Gasteiger partial charge in [-0.15, -0.1) is 0 Å². The largest absolute Gasteiger partial charge is 0.378 e. The van der Waals surface area contributed by atoms with Crippen LogP contribution < -0.4 is 10.5 Å². The van der Waals surface area contributed by atoms with E-state index in [0.717, 1.165) is 46.7 Å². The highest BCUT2D eigenvalue weighted by Gasteiger charge is 2.20. The number of rotatable bonds is 2. The van der Waals surface area contributed by atoms with Gasteiger partial charge in [0, 0.05) is 45.9 Å². The number of nitrogens with zero attached hydrogens (tertiary/aromatic N) is 3. The van der Waals surface area contributed by atoms with Crippen LogP contribution in [0.15, 0.2) is 53.3 Å². The highest BCUT2D eigenvalue weighted by Crippen LogP contribution is 2.35. The van der Waals surface area contributed by atoms with Gasteiger partial charge in [0.25, 0.3) is 5.56 Å². The standard InChI is InChI=1S/C23H17N3O3/c27-13-14-4-6-20-18(12-14)24-22-16-5-7-19(25-8-10-29-11-9-25)15-2-1-3-17(21(15)16)23(28)26(20)22/h1-7,12-13H,8-11H2. The number of fused-ring (bicyclic) bond motifs is 4. The van der Waals surface area contributed by atoms with E-state index in [2.05, 4.69) is 23.1 Å². The van der Waals surface area contributed by atoms with Gasteiger partial charge in [0.1, 0.15) is 11.9 Å². The molecule has 1 aliphatic rings. The summed E-state index contributed by atoms with van der Waals surface area (Å²) in [5.74, 6) is 0. The number of benzene rings is 3. The molecule has 0 atom stereocenters. The molecule has 0 unspecified atom stereocenters. The molecular weight excluding hydrogens is 366 g/mol. The van der Waals surface area contributed by atoms with Crippen molar-refractivity contribution < 1.29 is 9.53 Å². The fourth-order valence-corrected chi connectivity index (χ4v) is 4.51. The van der Waals surface area contributed by atoms with Crippen LogP contribution in [0.4, 0.5) is 5.69 Å². The summed E-state index contributed by atoms with van der Waals surface area (Å²) in [7, 11) is 0. The molecule has 0 radical (unpaired) electrons. The number of carbonyl (C=O) groups is 1. The first-order valence-corrected chi connectivity index (χ1v) is 9.67. The summed E-state index contributed by atoms with van der Waals surface area (Å²) in [5, 5.41) is 3.62. The minimum Gasteiger partial charge on any atom is -0.378 e. The van der Waals surface area contributed by atoms with Crippen LogP contribution in [0.5, 0.6) is 0 Å². The quantitative estimate of drug-likeness (QED) is 0.438. The third-order valence-electron chi connectivity index (χ3n) is 5.86. The van der Waals surface area contributed by atoms with E-state index in [9.17, 15) is 9.59 Å². The molecule has 1 saturated heterocycles. The molecule has 0 bridgehead atoms. The van der Waals surface area contributed by atoms with Crippen LogP contribution in [0.25, 0.3) is 38.2 Å². The second-order valence-electron chi connectivity index (χ2n) is 7.40. The molecule has 0 amide bonds. The van der Waals surface area contributed by atoms with Gasteiger partial charge in [-0.1, -0.05) is 12.1 Å². The maximum Gasteiger partial charge on any atom is 0.264 e. The SMILES string of the molecule is O=Cc1ccc2c(c1)nc1c3ccc(N4CCOCC4)c4cccc(c(=O)n21)c43. The van der Waals surface area contributed by atoms with E-state index in [-0.39, 0.29) is 5.56 Å². The lowest BCUT2D eigenvalue weighted by atomic mass is 10.00. The van der Waals surface area contributed by atoms with E-state index in [4.69, 9.17) is 9.72 Å². The molecule has 1 fully saturated rings. The lowest BCUT2D eigenvalue weighted by Crippen LogP contribution is -2.36. The smallest absolute Gasteiger partial charge is 0.264 e. The summed E-state index contributed by atoms with van der Waals surface area (Å²) in [6, 6.07) is 15.3. The Morgan fingerprint density at radius 1 is 0.966 bits per heavy atom. The van der Waals surface area contributed by atoms with Gasteiger partial charge in [0.15, 0.2) is 0 Å². The number of imidazole rings is 1. The third-order valence-corrected chi connectivity index (χ3v) is 5.86. The first-order valence-electron chi connectivity index (χ1n) is 9.67. The Morgan fingerprint density at radius 2 is 1.79 bits per heavy atom. The molecule has 29 heavy (non-hydrogen) atoms. The Balaban J connectivity index is 1.76. The van der Waals surface area contributed by atoms with Crippen LogP contribution in [0.3, 0.4) is 0 Å². The topological polar surface area (TPSA) is 63.9 Å². The van der Waals surface area contributed by atoms with E-state index < -0.39 is 0 Å². The van der Waals surface area contributed by atoms with Crippen molar-refractivity contribution in [2.75, 3.05) is 31.2 Å². The molecule has 0 aliphatic carbocycles. The van der Waals surface area contributed by atoms with Gasteiger partial charge in [0.05, 0.1) is 24.2 Å². The lowest BCUT2D eigenvalue weighted by Gasteiger charge is -2.30. The molecule has 142 valence electrons. The Hall–Kier alpha value is -3.51. The predicted molar refractivity (Wildman–Crippen MR) is 114 cm³/mol. The average molecular weight is 383 g/mol. The number of morpholine rings is 1. The van der Waals surface area contributed by atoms with Crippen LogP contribution >= 0.6 is 0 Å². The third kappa shape index (κ3) is 2.23. The van der Waals surface area contributed by atoms with Gasteiger partial charge in [-0.05, 0) is 36.4 Å². The summed E-state index contributed by atoms with van der Waals surface area (Å²) in [6.45, 7) is 3.08. The van der Waals surface area contributed by atoms with Crippen molar-refractivity contribution in [2.24, 2.45) is 0 Å². The molecule has 6 nitrogen and oxygen atoms in total. The minimum absolute atomic E-state index is 0.0846.